The summed E-state index contributed by atoms with van der Waals surface area (Å²) in [5, 5.41) is 3.36. The number of carbonyl (C=O) groups excluding carboxylic acids is 1. The normalized spacial score (nSPS) is 27.0. The van der Waals surface area contributed by atoms with Crippen molar-refractivity contribution in [3.8, 4) is 0 Å². The molecule has 0 bridgehead atoms. The SMILES string of the molecule is O=C1NN=C2C(F)=C(F)C=CC12. The van der Waals surface area contributed by atoms with Gasteiger partial charge in [0.05, 0.1) is 0 Å². The smallest absolute Gasteiger partial charge is 0.253 e. The van der Waals surface area contributed by atoms with Crippen LogP contribution in [0.4, 0.5) is 8.78 Å². The van der Waals surface area contributed by atoms with E-state index in [1.807, 2.05) is 0 Å². The van der Waals surface area contributed by atoms with E-state index < -0.39 is 23.5 Å². The summed E-state index contributed by atoms with van der Waals surface area (Å²) >= 11 is 0. The van der Waals surface area contributed by atoms with Gasteiger partial charge in [-0.15, -0.1) is 0 Å². The van der Waals surface area contributed by atoms with Crippen LogP contribution in [0.25, 0.3) is 0 Å². The van der Waals surface area contributed by atoms with E-state index >= 15 is 0 Å². The molecule has 0 fully saturated rings. The summed E-state index contributed by atoms with van der Waals surface area (Å²) < 4.78 is 25.4. The zero-order chi connectivity index (χ0) is 8.72. The lowest BCUT2D eigenvalue weighted by Crippen LogP contribution is -2.23. The standard InChI is InChI=1S/C7H4F2N2O/c8-4-2-1-3-6(5(4)9)10-11-7(3)12/h1-3H,(H,11,12). The number of hydrogen-bond donors (Lipinski definition) is 1. The van der Waals surface area contributed by atoms with Gasteiger partial charge >= 0.3 is 0 Å². The van der Waals surface area contributed by atoms with Gasteiger partial charge in [0.15, 0.2) is 11.7 Å². The van der Waals surface area contributed by atoms with Crippen LogP contribution in [-0.2, 0) is 4.79 Å². The Bertz CT molecular complexity index is 343. The van der Waals surface area contributed by atoms with Crippen molar-refractivity contribution in [2.45, 2.75) is 0 Å². The number of halogens is 2. The molecule has 0 aromatic rings. The molecule has 0 aromatic carbocycles. The number of carbonyl (C=O) groups is 1. The zero-order valence-electron chi connectivity index (χ0n) is 5.84. The van der Waals surface area contributed by atoms with Crippen LogP contribution in [0.5, 0.6) is 0 Å². The van der Waals surface area contributed by atoms with Crippen LogP contribution in [0.1, 0.15) is 0 Å². The lowest BCUT2D eigenvalue weighted by Gasteiger charge is -2.07. The van der Waals surface area contributed by atoms with Gasteiger partial charge in [-0.25, -0.2) is 14.2 Å². The van der Waals surface area contributed by atoms with Crippen molar-refractivity contribution >= 4 is 11.6 Å². The molecule has 0 aromatic heterocycles. The molecule has 2 rings (SSSR count). The largest absolute Gasteiger partial charge is 0.272 e. The van der Waals surface area contributed by atoms with Gasteiger partial charge in [0.2, 0.25) is 0 Å². The number of amides is 1. The number of rotatable bonds is 0. The van der Waals surface area contributed by atoms with Crippen LogP contribution in [0.2, 0.25) is 0 Å². The molecule has 1 aliphatic carbocycles. The molecule has 1 atom stereocenters. The number of nitrogens with one attached hydrogen (secondary N) is 1. The minimum atomic E-state index is -1.05. The topological polar surface area (TPSA) is 41.5 Å². The highest BCUT2D eigenvalue weighted by Crippen LogP contribution is 2.25. The second-order valence-electron chi connectivity index (χ2n) is 2.47. The maximum Gasteiger partial charge on any atom is 0.253 e. The summed E-state index contributed by atoms with van der Waals surface area (Å²) in [6, 6.07) is 0. The summed E-state index contributed by atoms with van der Waals surface area (Å²) in [5.41, 5.74) is 1.90. The van der Waals surface area contributed by atoms with Crippen LogP contribution < -0.4 is 5.43 Å². The minimum absolute atomic E-state index is 0.167. The highest BCUT2D eigenvalue weighted by atomic mass is 19.2. The molecule has 1 unspecified atom stereocenters. The molecule has 1 heterocycles. The Labute approximate surface area is 66.4 Å². The molecule has 62 valence electrons. The van der Waals surface area contributed by atoms with Crippen molar-refractivity contribution in [1.29, 1.82) is 0 Å². The van der Waals surface area contributed by atoms with Crippen LogP contribution in [-0.4, -0.2) is 11.6 Å². The van der Waals surface area contributed by atoms with Gasteiger partial charge in [-0.2, -0.15) is 5.10 Å². The Kier molecular flexibility index (Phi) is 1.33. The Hall–Kier alpha value is -1.52. The molecule has 2 aliphatic rings. The van der Waals surface area contributed by atoms with Crippen molar-refractivity contribution in [2.24, 2.45) is 11.0 Å². The van der Waals surface area contributed by atoms with E-state index in [4.69, 9.17) is 0 Å². The molecule has 0 spiro atoms. The first kappa shape index (κ1) is 7.15. The second kappa shape index (κ2) is 2.23. The van der Waals surface area contributed by atoms with Crippen LogP contribution >= 0.6 is 0 Å². The van der Waals surface area contributed by atoms with E-state index in [2.05, 4.69) is 10.5 Å². The molecule has 5 heteroatoms. The maximum absolute atomic E-state index is 12.8. The molecule has 12 heavy (non-hydrogen) atoms. The quantitative estimate of drug-likeness (QED) is 0.574. The second-order valence-corrected chi connectivity index (χ2v) is 2.47. The number of nitrogens with zero attached hydrogens (tertiary/aromatic N) is 1. The Morgan fingerprint density at radius 1 is 1.50 bits per heavy atom. The fourth-order valence-corrected chi connectivity index (χ4v) is 1.12. The van der Waals surface area contributed by atoms with E-state index in [9.17, 15) is 13.6 Å². The van der Waals surface area contributed by atoms with Crippen LogP contribution in [0.3, 0.4) is 0 Å². The third-order valence-corrected chi connectivity index (χ3v) is 1.73. The molecule has 1 N–H and O–H groups in total. The average molecular weight is 170 g/mol. The Morgan fingerprint density at radius 3 is 3.00 bits per heavy atom. The molecule has 0 saturated carbocycles. The molecule has 0 radical (unpaired) electrons. The summed E-state index contributed by atoms with van der Waals surface area (Å²) in [6.07, 6.45) is 2.21. The molecular weight excluding hydrogens is 166 g/mol. The fourth-order valence-electron chi connectivity index (χ4n) is 1.12. The number of fused-ring (bicyclic) bond motifs is 1. The minimum Gasteiger partial charge on any atom is -0.272 e. The van der Waals surface area contributed by atoms with Gasteiger partial charge in [-0.1, -0.05) is 6.08 Å². The predicted octanol–water partition coefficient (Wildman–Crippen LogP) is 0.809. The fraction of sp³-hybridized carbons (Fsp3) is 0.143. The van der Waals surface area contributed by atoms with Gasteiger partial charge in [-0.05, 0) is 6.08 Å². The van der Waals surface area contributed by atoms with E-state index in [0.717, 1.165) is 6.08 Å². The third kappa shape index (κ3) is 0.792. The molecule has 1 amide bonds. The zero-order valence-corrected chi connectivity index (χ0v) is 5.84. The number of hydrogen-bond acceptors (Lipinski definition) is 2. The van der Waals surface area contributed by atoms with Crippen molar-refractivity contribution in [2.75, 3.05) is 0 Å². The highest BCUT2D eigenvalue weighted by molar-refractivity contribution is 6.17. The number of allylic oxidation sites excluding steroid dienone is 3. The summed E-state index contributed by atoms with van der Waals surface area (Å²) in [4.78, 5) is 10.9. The van der Waals surface area contributed by atoms with Gasteiger partial charge in [0, 0.05) is 0 Å². The molecule has 0 saturated heterocycles. The molecule has 1 aliphatic heterocycles. The Balaban J connectivity index is 2.47. The Morgan fingerprint density at radius 2 is 2.25 bits per heavy atom. The van der Waals surface area contributed by atoms with Gasteiger partial charge < -0.3 is 0 Å². The predicted molar refractivity (Wildman–Crippen MR) is 37.4 cm³/mol. The lowest BCUT2D eigenvalue weighted by atomic mass is 9.98. The van der Waals surface area contributed by atoms with E-state index in [-0.39, 0.29) is 5.71 Å². The van der Waals surface area contributed by atoms with E-state index in [0.29, 0.717) is 0 Å². The van der Waals surface area contributed by atoms with Crippen molar-refractivity contribution in [3.63, 3.8) is 0 Å². The van der Waals surface area contributed by atoms with E-state index in [1.165, 1.54) is 6.08 Å². The summed E-state index contributed by atoms with van der Waals surface area (Å²) in [7, 11) is 0. The lowest BCUT2D eigenvalue weighted by molar-refractivity contribution is -0.121. The van der Waals surface area contributed by atoms with Gasteiger partial charge in [-0.3, -0.25) is 4.79 Å². The van der Waals surface area contributed by atoms with E-state index in [1.54, 1.807) is 0 Å². The number of hydrazone groups is 1. The summed E-state index contributed by atoms with van der Waals surface area (Å²) in [6.45, 7) is 0. The average Bonchev–Trinajstić information content (AvgIpc) is 2.41. The van der Waals surface area contributed by atoms with Crippen molar-refractivity contribution < 1.29 is 13.6 Å². The first-order chi connectivity index (χ1) is 5.70. The van der Waals surface area contributed by atoms with Gasteiger partial charge in [0.1, 0.15) is 11.6 Å². The first-order valence-corrected chi connectivity index (χ1v) is 3.31. The first-order valence-electron chi connectivity index (χ1n) is 3.31. The van der Waals surface area contributed by atoms with Crippen LogP contribution in [0.15, 0.2) is 28.9 Å². The van der Waals surface area contributed by atoms with Crippen molar-refractivity contribution in [3.05, 3.63) is 23.8 Å². The maximum atomic E-state index is 12.8. The van der Waals surface area contributed by atoms with Crippen LogP contribution in [0, 0.1) is 5.92 Å². The van der Waals surface area contributed by atoms with Crippen molar-refractivity contribution in [1.82, 2.24) is 5.43 Å². The third-order valence-electron chi connectivity index (χ3n) is 1.73. The van der Waals surface area contributed by atoms with Gasteiger partial charge in [0.25, 0.3) is 5.91 Å². The highest BCUT2D eigenvalue weighted by Gasteiger charge is 2.34. The molecule has 3 nitrogen and oxygen atoms in total. The molecular formula is C7H4F2N2O. The monoisotopic (exact) mass is 170 g/mol. The summed E-state index contributed by atoms with van der Waals surface area (Å²) in [5.74, 6) is -3.23.